The summed E-state index contributed by atoms with van der Waals surface area (Å²) in [5.41, 5.74) is 4.06. The average molecular weight is 310 g/mol. The lowest BCUT2D eigenvalue weighted by atomic mass is 9.95. The third-order valence-electron chi connectivity index (χ3n) is 4.10. The highest BCUT2D eigenvalue weighted by atomic mass is 16.5. The standard InChI is InChI=1S/C19H22N2O2/c1-12(2)4-7-19(22)21-14-5-6-16-15-8-9-20-11-17(15)13(3)23-18(16)10-14/h5-6,8-13H,4,7H2,1-3H3,(H,21,22)/t13-/m1/s1. The molecule has 0 fully saturated rings. The summed E-state index contributed by atoms with van der Waals surface area (Å²) in [6, 6.07) is 7.84. The molecule has 1 aromatic heterocycles. The SMILES string of the molecule is CC(C)CCC(=O)Nc1ccc2c(c1)O[C@H](C)c1cnccc1-2. The minimum absolute atomic E-state index is 0.0434. The molecule has 0 spiro atoms. The number of hydrogen-bond acceptors (Lipinski definition) is 3. The number of nitrogens with zero attached hydrogens (tertiary/aromatic N) is 1. The van der Waals surface area contributed by atoms with E-state index in [0.29, 0.717) is 12.3 Å². The van der Waals surface area contributed by atoms with Crippen molar-refractivity contribution in [3.8, 4) is 16.9 Å². The maximum Gasteiger partial charge on any atom is 0.224 e. The third-order valence-corrected chi connectivity index (χ3v) is 4.10. The molecule has 1 aliphatic heterocycles. The lowest BCUT2D eigenvalue weighted by molar-refractivity contribution is -0.116. The number of ether oxygens (including phenoxy) is 1. The molecular weight excluding hydrogens is 288 g/mol. The predicted molar refractivity (Wildman–Crippen MR) is 91.4 cm³/mol. The highest BCUT2D eigenvalue weighted by Crippen LogP contribution is 2.42. The van der Waals surface area contributed by atoms with Gasteiger partial charge in [-0.1, -0.05) is 13.8 Å². The predicted octanol–water partition coefficient (Wildman–Crippen LogP) is 4.58. The van der Waals surface area contributed by atoms with E-state index in [2.05, 4.69) is 24.1 Å². The molecule has 0 saturated heterocycles. The van der Waals surface area contributed by atoms with Gasteiger partial charge in [-0.05, 0) is 43.0 Å². The van der Waals surface area contributed by atoms with Crippen LogP contribution < -0.4 is 10.1 Å². The first-order chi connectivity index (χ1) is 11.0. The van der Waals surface area contributed by atoms with Gasteiger partial charge < -0.3 is 10.1 Å². The van der Waals surface area contributed by atoms with Crippen LogP contribution in [0.15, 0.2) is 36.7 Å². The number of pyridine rings is 1. The van der Waals surface area contributed by atoms with Crippen LogP contribution in [0.5, 0.6) is 5.75 Å². The number of fused-ring (bicyclic) bond motifs is 3. The summed E-state index contributed by atoms with van der Waals surface area (Å²) in [6.45, 7) is 6.25. The zero-order chi connectivity index (χ0) is 16.4. The number of hydrogen-bond donors (Lipinski definition) is 1. The van der Waals surface area contributed by atoms with E-state index >= 15 is 0 Å². The molecule has 120 valence electrons. The van der Waals surface area contributed by atoms with Gasteiger partial charge >= 0.3 is 0 Å². The number of amides is 1. The molecule has 4 heteroatoms. The summed E-state index contributed by atoms with van der Waals surface area (Å²) < 4.78 is 5.99. The fraction of sp³-hybridized carbons (Fsp3) is 0.368. The Hall–Kier alpha value is -2.36. The summed E-state index contributed by atoms with van der Waals surface area (Å²) in [6.07, 6.45) is 5.04. The summed E-state index contributed by atoms with van der Waals surface area (Å²) in [4.78, 5) is 16.2. The van der Waals surface area contributed by atoms with Gasteiger partial charge in [-0.15, -0.1) is 0 Å². The van der Waals surface area contributed by atoms with Gasteiger partial charge in [-0.2, -0.15) is 0 Å². The molecule has 2 heterocycles. The van der Waals surface area contributed by atoms with E-state index in [-0.39, 0.29) is 12.0 Å². The molecule has 23 heavy (non-hydrogen) atoms. The van der Waals surface area contributed by atoms with Crippen molar-refractivity contribution in [3.63, 3.8) is 0 Å². The van der Waals surface area contributed by atoms with Crippen molar-refractivity contribution >= 4 is 11.6 Å². The second-order valence-corrected chi connectivity index (χ2v) is 6.41. The maximum absolute atomic E-state index is 12.0. The van der Waals surface area contributed by atoms with Gasteiger partial charge in [0.05, 0.1) is 0 Å². The van der Waals surface area contributed by atoms with Crippen molar-refractivity contribution in [2.75, 3.05) is 5.32 Å². The van der Waals surface area contributed by atoms with Crippen LogP contribution in [-0.4, -0.2) is 10.9 Å². The van der Waals surface area contributed by atoms with Gasteiger partial charge in [0.25, 0.3) is 0 Å². The van der Waals surface area contributed by atoms with Crippen molar-refractivity contribution in [2.45, 2.75) is 39.7 Å². The fourth-order valence-corrected chi connectivity index (χ4v) is 2.79. The molecule has 0 unspecified atom stereocenters. The highest BCUT2D eigenvalue weighted by molar-refractivity contribution is 5.91. The van der Waals surface area contributed by atoms with Gasteiger partial charge in [0, 0.05) is 41.7 Å². The van der Waals surface area contributed by atoms with E-state index in [1.807, 2.05) is 37.4 Å². The summed E-state index contributed by atoms with van der Waals surface area (Å²) >= 11 is 0. The molecule has 0 aliphatic carbocycles. The van der Waals surface area contributed by atoms with E-state index < -0.39 is 0 Å². The molecule has 2 aromatic rings. The van der Waals surface area contributed by atoms with E-state index in [1.165, 1.54) is 0 Å². The molecule has 1 aromatic carbocycles. The Morgan fingerprint density at radius 1 is 1.30 bits per heavy atom. The van der Waals surface area contributed by atoms with Crippen LogP contribution in [0.2, 0.25) is 0 Å². The van der Waals surface area contributed by atoms with Crippen LogP contribution >= 0.6 is 0 Å². The second kappa shape index (κ2) is 6.41. The van der Waals surface area contributed by atoms with Crippen LogP contribution in [-0.2, 0) is 4.79 Å². The van der Waals surface area contributed by atoms with E-state index in [9.17, 15) is 4.79 Å². The van der Waals surface area contributed by atoms with Crippen LogP contribution in [0.3, 0.4) is 0 Å². The number of rotatable bonds is 4. The Balaban J connectivity index is 1.81. The lowest BCUT2D eigenvalue weighted by Crippen LogP contribution is -2.14. The van der Waals surface area contributed by atoms with Crippen molar-refractivity contribution < 1.29 is 9.53 Å². The largest absolute Gasteiger partial charge is 0.485 e. The minimum Gasteiger partial charge on any atom is -0.485 e. The number of benzene rings is 1. The van der Waals surface area contributed by atoms with Crippen LogP contribution in [0, 0.1) is 5.92 Å². The summed E-state index contributed by atoms with van der Waals surface area (Å²) in [5.74, 6) is 1.38. The Labute approximate surface area is 136 Å². The van der Waals surface area contributed by atoms with Crippen LogP contribution in [0.1, 0.15) is 45.3 Å². The number of carbonyl (C=O) groups excluding carboxylic acids is 1. The third kappa shape index (κ3) is 3.36. The highest BCUT2D eigenvalue weighted by Gasteiger charge is 2.23. The summed E-state index contributed by atoms with van der Waals surface area (Å²) in [7, 11) is 0. The fourth-order valence-electron chi connectivity index (χ4n) is 2.79. The van der Waals surface area contributed by atoms with E-state index in [4.69, 9.17) is 4.74 Å². The van der Waals surface area contributed by atoms with Gasteiger partial charge in [0.2, 0.25) is 5.91 Å². The zero-order valence-electron chi connectivity index (χ0n) is 13.8. The Morgan fingerprint density at radius 2 is 2.13 bits per heavy atom. The molecule has 1 atom stereocenters. The Morgan fingerprint density at radius 3 is 2.91 bits per heavy atom. The second-order valence-electron chi connectivity index (χ2n) is 6.41. The molecule has 0 radical (unpaired) electrons. The summed E-state index contributed by atoms with van der Waals surface area (Å²) in [5, 5.41) is 2.95. The first-order valence-electron chi connectivity index (χ1n) is 8.09. The van der Waals surface area contributed by atoms with Crippen LogP contribution in [0.4, 0.5) is 5.69 Å². The number of anilines is 1. The minimum atomic E-state index is -0.0434. The van der Waals surface area contributed by atoms with Crippen molar-refractivity contribution in [3.05, 3.63) is 42.2 Å². The normalized spacial score (nSPS) is 15.6. The van der Waals surface area contributed by atoms with E-state index in [1.54, 1.807) is 6.20 Å². The van der Waals surface area contributed by atoms with Gasteiger partial charge in [0.15, 0.2) is 0 Å². The Bertz CT molecular complexity index is 725. The first kappa shape index (κ1) is 15.5. The number of nitrogens with one attached hydrogen (secondary N) is 1. The first-order valence-corrected chi connectivity index (χ1v) is 8.09. The molecular formula is C19H22N2O2. The topological polar surface area (TPSA) is 51.2 Å². The monoisotopic (exact) mass is 310 g/mol. The molecule has 1 amide bonds. The molecule has 0 saturated carbocycles. The number of aromatic nitrogens is 1. The van der Waals surface area contributed by atoms with Crippen molar-refractivity contribution in [2.24, 2.45) is 5.92 Å². The van der Waals surface area contributed by atoms with E-state index in [0.717, 1.165) is 34.5 Å². The van der Waals surface area contributed by atoms with Crippen molar-refractivity contribution in [1.82, 2.24) is 4.98 Å². The van der Waals surface area contributed by atoms with Gasteiger partial charge in [-0.25, -0.2) is 0 Å². The Kier molecular flexibility index (Phi) is 4.33. The number of carbonyl (C=O) groups is 1. The lowest BCUT2D eigenvalue weighted by Gasteiger charge is -2.26. The van der Waals surface area contributed by atoms with Gasteiger partial charge in [-0.3, -0.25) is 9.78 Å². The molecule has 3 rings (SSSR count). The van der Waals surface area contributed by atoms with Crippen molar-refractivity contribution in [1.29, 1.82) is 0 Å². The maximum atomic E-state index is 12.0. The molecule has 1 aliphatic rings. The average Bonchev–Trinajstić information content (AvgIpc) is 2.53. The molecule has 1 N–H and O–H groups in total. The van der Waals surface area contributed by atoms with Crippen LogP contribution in [0.25, 0.3) is 11.1 Å². The quantitative estimate of drug-likeness (QED) is 0.899. The molecule has 4 nitrogen and oxygen atoms in total. The zero-order valence-corrected chi connectivity index (χ0v) is 13.8. The van der Waals surface area contributed by atoms with Gasteiger partial charge in [0.1, 0.15) is 11.9 Å². The smallest absolute Gasteiger partial charge is 0.224 e. The molecule has 0 bridgehead atoms.